The van der Waals surface area contributed by atoms with Crippen LogP contribution in [0, 0.1) is 34.5 Å². The van der Waals surface area contributed by atoms with Crippen LogP contribution >= 0.6 is 0 Å². The quantitative estimate of drug-likeness (QED) is 0.107. The van der Waals surface area contributed by atoms with Crippen LogP contribution in [-0.4, -0.2) is 26.3 Å². The summed E-state index contributed by atoms with van der Waals surface area (Å²) in [6, 6.07) is 5.63. The van der Waals surface area contributed by atoms with Crippen LogP contribution in [0.2, 0.25) is 0 Å². The predicted octanol–water partition coefficient (Wildman–Crippen LogP) is 9.96. The standard InChI is InChI=1S/C38H56O4/c1-6-7-8-9-10-11-12-28-16-18-32-31-17-15-29-26-30(21-23-38(29,3)33(31)22-24-37(28,32)2)42-36(39)20-14-27-13-19-34(40-4)35(25-27)41-5/h13-15,19-20,25,28,30-33H,6-12,16-18,21-24,26H2,1-5H3/b20-14+/t28-,30+,31-,32-,33-,37-,38+/m1/s1. The van der Waals surface area contributed by atoms with Gasteiger partial charge in [0.15, 0.2) is 11.5 Å². The highest BCUT2D eigenvalue weighted by Crippen LogP contribution is 2.66. The van der Waals surface area contributed by atoms with Crippen LogP contribution in [0.1, 0.15) is 123 Å². The first-order chi connectivity index (χ1) is 20.3. The van der Waals surface area contributed by atoms with E-state index >= 15 is 0 Å². The van der Waals surface area contributed by atoms with Gasteiger partial charge < -0.3 is 14.2 Å². The van der Waals surface area contributed by atoms with Crippen LogP contribution in [0.4, 0.5) is 0 Å². The number of ether oxygens (including phenoxy) is 3. The molecule has 4 heteroatoms. The highest BCUT2D eigenvalue weighted by Gasteiger charge is 2.58. The number of unbranched alkanes of at least 4 members (excludes halogenated alkanes) is 5. The van der Waals surface area contributed by atoms with Crippen molar-refractivity contribution in [3.8, 4) is 11.5 Å². The molecule has 4 aliphatic rings. The number of carbonyl (C=O) groups is 1. The van der Waals surface area contributed by atoms with Crippen molar-refractivity contribution in [2.24, 2.45) is 34.5 Å². The molecule has 0 aliphatic heterocycles. The third-order valence-corrected chi connectivity index (χ3v) is 12.3. The normalized spacial score (nSPS) is 33.8. The summed E-state index contributed by atoms with van der Waals surface area (Å²) >= 11 is 0. The molecular weight excluding hydrogens is 520 g/mol. The van der Waals surface area contributed by atoms with E-state index in [9.17, 15) is 4.79 Å². The van der Waals surface area contributed by atoms with E-state index in [2.05, 4.69) is 26.8 Å². The van der Waals surface area contributed by atoms with Gasteiger partial charge in [-0.3, -0.25) is 0 Å². The fourth-order valence-corrected chi connectivity index (χ4v) is 9.81. The summed E-state index contributed by atoms with van der Waals surface area (Å²) in [5.74, 6) is 4.54. The zero-order valence-corrected chi connectivity index (χ0v) is 27.1. The lowest BCUT2D eigenvalue weighted by Crippen LogP contribution is -2.50. The van der Waals surface area contributed by atoms with Gasteiger partial charge in [-0.15, -0.1) is 0 Å². The summed E-state index contributed by atoms with van der Waals surface area (Å²) in [5, 5.41) is 0. The van der Waals surface area contributed by atoms with Crippen molar-refractivity contribution in [3.63, 3.8) is 0 Å². The Morgan fingerprint density at radius 1 is 0.929 bits per heavy atom. The van der Waals surface area contributed by atoms with Crippen LogP contribution in [0.15, 0.2) is 35.9 Å². The van der Waals surface area contributed by atoms with Crippen LogP contribution in [0.25, 0.3) is 6.08 Å². The van der Waals surface area contributed by atoms with Gasteiger partial charge >= 0.3 is 5.97 Å². The van der Waals surface area contributed by atoms with Crippen molar-refractivity contribution in [1.82, 2.24) is 0 Å². The second-order valence-electron chi connectivity index (χ2n) is 14.4. The minimum absolute atomic E-state index is 0.0227. The first-order valence-corrected chi connectivity index (χ1v) is 17.1. The molecule has 3 saturated carbocycles. The first-order valence-electron chi connectivity index (χ1n) is 17.1. The lowest BCUT2D eigenvalue weighted by molar-refractivity contribution is -0.145. The SMILES string of the molecule is CCCCCCCC[C@@H]1CC[C@@H]2[C@H]3CC=C4C[C@@H](OC(=O)/C=C/c5ccc(OC)c(OC)c5)CC[C@]4(C)[C@@H]3CC[C@]12C. The van der Waals surface area contributed by atoms with Gasteiger partial charge in [-0.25, -0.2) is 4.79 Å². The van der Waals surface area contributed by atoms with Crippen LogP contribution in [0.3, 0.4) is 0 Å². The highest BCUT2D eigenvalue weighted by atomic mass is 16.5. The van der Waals surface area contributed by atoms with Crippen molar-refractivity contribution in [3.05, 3.63) is 41.5 Å². The van der Waals surface area contributed by atoms with E-state index in [1.54, 1.807) is 31.9 Å². The largest absolute Gasteiger partial charge is 0.493 e. The summed E-state index contributed by atoms with van der Waals surface area (Å²) in [6.45, 7) is 7.54. The smallest absolute Gasteiger partial charge is 0.331 e. The molecule has 3 fully saturated rings. The molecule has 0 saturated heterocycles. The van der Waals surface area contributed by atoms with Crippen LogP contribution < -0.4 is 9.47 Å². The summed E-state index contributed by atoms with van der Waals surface area (Å²) in [5.41, 5.74) is 3.29. The van der Waals surface area contributed by atoms with Crippen molar-refractivity contribution in [2.45, 2.75) is 123 Å². The lowest BCUT2D eigenvalue weighted by Gasteiger charge is -2.58. The molecule has 0 aromatic heterocycles. The number of methoxy groups -OCH3 is 2. The Balaban J connectivity index is 1.16. The molecule has 0 amide bonds. The fourth-order valence-electron chi connectivity index (χ4n) is 9.81. The molecular formula is C38H56O4. The maximum Gasteiger partial charge on any atom is 0.331 e. The molecule has 0 radical (unpaired) electrons. The van der Waals surface area contributed by atoms with E-state index in [0.29, 0.717) is 16.9 Å². The number of fused-ring (bicyclic) bond motifs is 5. The number of esters is 1. The zero-order chi connectivity index (χ0) is 29.7. The van der Waals surface area contributed by atoms with Crippen LogP contribution in [-0.2, 0) is 9.53 Å². The molecule has 4 aliphatic carbocycles. The zero-order valence-electron chi connectivity index (χ0n) is 27.1. The Kier molecular flexibility index (Phi) is 10.1. The van der Waals surface area contributed by atoms with E-state index in [1.165, 1.54) is 77.0 Å². The summed E-state index contributed by atoms with van der Waals surface area (Å²) in [7, 11) is 3.24. The van der Waals surface area contributed by atoms with Crippen LogP contribution in [0.5, 0.6) is 11.5 Å². The molecule has 232 valence electrons. The van der Waals surface area contributed by atoms with Gasteiger partial charge in [0.1, 0.15) is 6.10 Å². The second kappa shape index (κ2) is 13.6. The number of benzene rings is 1. The molecule has 5 rings (SSSR count). The third-order valence-electron chi connectivity index (χ3n) is 12.3. The van der Waals surface area contributed by atoms with Gasteiger partial charge in [-0.1, -0.05) is 77.0 Å². The Hall–Kier alpha value is -2.23. The average Bonchev–Trinajstić information content (AvgIpc) is 3.33. The topological polar surface area (TPSA) is 44.8 Å². The second-order valence-corrected chi connectivity index (χ2v) is 14.4. The summed E-state index contributed by atoms with van der Waals surface area (Å²) in [6.07, 6.45) is 25.8. The maximum atomic E-state index is 12.8. The number of hydrogen-bond acceptors (Lipinski definition) is 4. The van der Waals surface area contributed by atoms with Gasteiger partial charge in [0.05, 0.1) is 14.2 Å². The number of carbonyl (C=O) groups excluding carboxylic acids is 1. The number of hydrogen-bond donors (Lipinski definition) is 0. The van der Waals surface area contributed by atoms with Crippen molar-refractivity contribution in [1.29, 1.82) is 0 Å². The number of rotatable bonds is 12. The molecule has 1 aromatic carbocycles. The Labute approximate surface area is 255 Å². The molecule has 0 unspecified atom stereocenters. The monoisotopic (exact) mass is 576 g/mol. The van der Waals surface area contributed by atoms with Gasteiger partial charge in [0.25, 0.3) is 0 Å². The fraction of sp³-hybridized carbons (Fsp3) is 0.711. The minimum Gasteiger partial charge on any atom is -0.493 e. The Bertz CT molecular complexity index is 1140. The molecule has 4 nitrogen and oxygen atoms in total. The van der Waals surface area contributed by atoms with Crippen molar-refractivity contribution >= 4 is 12.0 Å². The first kappa shape index (κ1) is 31.2. The molecule has 42 heavy (non-hydrogen) atoms. The molecule has 0 heterocycles. The lowest BCUT2D eigenvalue weighted by atomic mass is 9.47. The van der Waals surface area contributed by atoms with E-state index in [0.717, 1.165) is 48.5 Å². The summed E-state index contributed by atoms with van der Waals surface area (Å²) in [4.78, 5) is 12.8. The molecule has 0 N–H and O–H groups in total. The van der Waals surface area contributed by atoms with Crippen molar-refractivity contribution < 1.29 is 19.0 Å². The minimum atomic E-state index is -0.261. The summed E-state index contributed by atoms with van der Waals surface area (Å²) < 4.78 is 16.7. The Morgan fingerprint density at radius 2 is 1.71 bits per heavy atom. The Morgan fingerprint density at radius 3 is 2.50 bits per heavy atom. The van der Waals surface area contributed by atoms with E-state index in [4.69, 9.17) is 14.2 Å². The van der Waals surface area contributed by atoms with Crippen molar-refractivity contribution in [2.75, 3.05) is 14.2 Å². The van der Waals surface area contributed by atoms with E-state index < -0.39 is 0 Å². The molecule has 7 atom stereocenters. The van der Waals surface area contributed by atoms with E-state index in [-0.39, 0.29) is 17.5 Å². The maximum absolute atomic E-state index is 12.8. The predicted molar refractivity (Wildman–Crippen MR) is 172 cm³/mol. The van der Waals surface area contributed by atoms with Gasteiger partial charge in [-0.05, 0) is 110 Å². The molecule has 0 spiro atoms. The average molecular weight is 577 g/mol. The molecule has 0 bridgehead atoms. The van der Waals surface area contributed by atoms with Gasteiger partial charge in [0.2, 0.25) is 0 Å². The highest BCUT2D eigenvalue weighted by molar-refractivity contribution is 5.87. The van der Waals surface area contributed by atoms with Gasteiger partial charge in [0, 0.05) is 12.5 Å². The third kappa shape index (κ3) is 6.34. The van der Waals surface area contributed by atoms with Gasteiger partial charge in [-0.2, -0.15) is 0 Å². The number of allylic oxidation sites excluding steroid dienone is 1. The molecule has 1 aromatic rings. The van der Waals surface area contributed by atoms with E-state index in [1.807, 2.05) is 18.2 Å².